The maximum Gasteiger partial charge on any atom is 0.161 e. The van der Waals surface area contributed by atoms with Gasteiger partial charge in [0.1, 0.15) is 159 Å². The molecule has 8 aliphatic heterocycles. The Morgan fingerprint density at radius 1 is 0.195 bits per heavy atom. The molecule has 572 valence electrons. The van der Waals surface area contributed by atoms with Gasteiger partial charge in [0, 0.05) is 28.3 Å². The first-order valence-corrected chi connectivity index (χ1v) is 38.8. The average molecular weight is 1510 g/mol. The SMILES string of the molecule is c1cc2ccc(Oc3ccc4ccc(Oc5ccc6ccc(OCC7CO7)cc6c5)cc4c3)cc2cc1OCC1CO1.c1ccc2c(Cc3c(OCC4CO4)ccc4ccccc34)c(OCC3CO3)ccc2c1.c1ccc2c(OCC3CO3)ccc(OCC3CO3)c2c1.c1ccc2cc(OCC3CO3)c(OCC3CO3)cc2c1. The molecule has 0 aromatic heterocycles. The molecule has 8 heterocycles. The largest absolute Gasteiger partial charge is 0.491 e. The van der Waals surface area contributed by atoms with Crippen LogP contribution in [0.1, 0.15) is 11.1 Å². The van der Waals surface area contributed by atoms with E-state index in [9.17, 15) is 0 Å². The van der Waals surface area contributed by atoms with Crippen molar-refractivity contribution in [3.8, 4) is 69.0 Å². The fourth-order valence-electron chi connectivity index (χ4n) is 13.5. The van der Waals surface area contributed by atoms with E-state index in [1.807, 2.05) is 121 Å². The van der Waals surface area contributed by atoms with Gasteiger partial charge in [-0.25, -0.2) is 0 Å². The van der Waals surface area contributed by atoms with E-state index in [1.54, 1.807) is 0 Å². The lowest BCUT2D eigenvalue weighted by Crippen LogP contribution is -2.08. The number of benzene rings is 14. The maximum atomic E-state index is 6.28. The molecular formula is C95H84O18. The van der Waals surface area contributed by atoms with Gasteiger partial charge in [-0.1, -0.05) is 146 Å². The van der Waals surface area contributed by atoms with Crippen molar-refractivity contribution in [2.45, 2.75) is 55.3 Å². The van der Waals surface area contributed by atoms with Crippen LogP contribution in [0.15, 0.2) is 255 Å². The van der Waals surface area contributed by atoms with Crippen LogP contribution in [-0.2, 0) is 44.3 Å². The van der Waals surface area contributed by atoms with Crippen LogP contribution in [0.5, 0.6) is 69.0 Å². The summed E-state index contributed by atoms with van der Waals surface area (Å²) in [6.07, 6.45) is 2.61. The Kier molecular flexibility index (Phi) is 21.1. The zero-order valence-electron chi connectivity index (χ0n) is 62.2. The zero-order valence-corrected chi connectivity index (χ0v) is 62.2. The summed E-state index contributed by atoms with van der Waals surface area (Å²) in [5, 5.41) is 15.8. The predicted octanol–water partition coefficient (Wildman–Crippen LogP) is 18.2. The van der Waals surface area contributed by atoms with Crippen LogP contribution in [0.3, 0.4) is 0 Å². The van der Waals surface area contributed by atoms with Gasteiger partial charge in [-0.3, -0.25) is 0 Å². The Morgan fingerprint density at radius 3 is 0.752 bits per heavy atom. The second-order valence-electron chi connectivity index (χ2n) is 29.3. The molecule has 8 aliphatic rings. The molecule has 0 radical (unpaired) electrons. The summed E-state index contributed by atoms with van der Waals surface area (Å²) < 4.78 is 102. The summed E-state index contributed by atoms with van der Waals surface area (Å²) in [7, 11) is 0. The van der Waals surface area contributed by atoms with Crippen molar-refractivity contribution in [1.29, 1.82) is 0 Å². The number of hydrogen-bond acceptors (Lipinski definition) is 18. The van der Waals surface area contributed by atoms with Crippen molar-refractivity contribution in [2.24, 2.45) is 0 Å². The summed E-state index contributed by atoms with van der Waals surface area (Å²) in [5.41, 5.74) is 2.37. The molecule has 14 aromatic rings. The quantitative estimate of drug-likeness (QED) is 0.0386. The summed E-state index contributed by atoms with van der Waals surface area (Å²) in [6.45, 7) is 11.0. The van der Waals surface area contributed by atoms with Gasteiger partial charge in [-0.05, 0) is 174 Å². The lowest BCUT2D eigenvalue weighted by molar-refractivity contribution is 0.228. The predicted molar refractivity (Wildman–Crippen MR) is 432 cm³/mol. The van der Waals surface area contributed by atoms with Gasteiger partial charge in [-0.15, -0.1) is 0 Å². The van der Waals surface area contributed by atoms with Crippen LogP contribution in [0.2, 0.25) is 0 Å². The molecule has 0 spiro atoms. The van der Waals surface area contributed by atoms with Crippen molar-refractivity contribution in [2.75, 3.05) is 106 Å². The molecule has 113 heavy (non-hydrogen) atoms. The minimum absolute atomic E-state index is 0.217. The molecule has 14 aromatic carbocycles. The van der Waals surface area contributed by atoms with Crippen LogP contribution in [0.25, 0.3) is 75.4 Å². The monoisotopic (exact) mass is 1510 g/mol. The highest BCUT2D eigenvalue weighted by molar-refractivity contribution is 5.95. The van der Waals surface area contributed by atoms with E-state index in [1.165, 1.54) is 32.7 Å². The summed E-state index contributed by atoms with van der Waals surface area (Å²) in [5.74, 6) is 9.85. The minimum Gasteiger partial charge on any atom is -0.491 e. The third-order valence-corrected chi connectivity index (χ3v) is 20.5. The summed E-state index contributed by atoms with van der Waals surface area (Å²) in [4.78, 5) is 0. The molecule has 8 unspecified atom stereocenters. The molecule has 0 aliphatic carbocycles. The minimum atomic E-state index is 0.217. The van der Waals surface area contributed by atoms with Crippen LogP contribution in [0.4, 0.5) is 0 Å². The fourth-order valence-corrected chi connectivity index (χ4v) is 13.5. The molecule has 0 amide bonds. The highest BCUT2D eigenvalue weighted by Crippen LogP contribution is 2.41. The Labute approximate surface area is 653 Å². The molecule has 8 atom stereocenters. The van der Waals surface area contributed by atoms with E-state index in [-0.39, 0.29) is 48.8 Å². The van der Waals surface area contributed by atoms with E-state index in [0.29, 0.717) is 52.9 Å². The first kappa shape index (κ1) is 71.9. The van der Waals surface area contributed by atoms with E-state index >= 15 is 0 Å². The molecule has 22 rings (SSSR count). The van der Waals surface area contributed by atoms with Crippen molar-refractivity contribution in [3.05, 3.63) is 266 Å². The van der Waals surface area contributed by atoms with Gasteiger partial charge in [0.25, 0.3) is 0 Å². The third kappa shape index (κ3) is 19.2. The number of epoxide rings is 8. The first-order valence-electron chi connectivity index (χ1n) is 38.8. The van der Waals surface area contributed by atoms with Crippen LogP contribution in [-0.4, -0.2) is 155 Å². The second-order valence-corrected chi connectivity index (χ2v) is 29.3. The number of rotatable bonds is 30. The Bertz CT molecular complexity index is 5380. The molecule has 8 saturated heterocycles. The first-order chi connectivity index (χ1) is 55.8. The molecule has 8 fully saturated rings. The van der Waals surface area contributed by atoms with Gasteiger partial charge in [0.05, 0.1) is 52.9 Å². The summed E-state index contributed by atoms with van der Waals surface area (Å²) >= 11 is 0. The van der Waals surface area contributed by atoms with Gasteiger partial charge in [0.2, 0.25) is 0 Å². The van der Waals surface area contributed by atoms with Gasteiger partial charge in [0.15, 0.2) is 11.5 Å². The van der Waals surface area contributed by atoms with Gasteiger partial charge >= 0.3 is 0 Å². The van der Waals surface area contributed by atoms with Crippen LogP contribution in [0, 0.1) is 0 Å². The fraction of sp³-hybridized carbons (Fsp3) is 0.263. The van der Waals surface area contributed by atoms with Crippen molar-refractivity contribution >= 4 is 75.4 Å². The van der Waals surface area contributed by atoms with Crippen molar-refractivity contribution < 1.29 is 85.3 Å². The maximum absolute atomic E-state index is 6.28. The Balaban J connectivity index is 0.000000106. The van der Waals surface area contributed by atoms with Gasteiger partial charge < -0.3 is 85.3 Å². The number of hydrogen-bond donors (Lipinski definition) is 0. The average Bonchev–Trinajstić information content (AvgIpc) is 0.935. The Morgan fingerprint density at radius 2 is 0.434 bits per heavy atom. The second kappa shape index (κ2) is 33.1. The Hall–Kier alpha value is -11.4. The van der Waals surface area contributed by atoms with Gasteiger partial charge in [-0.2, -0.15) is 0 Å². The third-order valence-electron chi connectivity index (χ3n) is 20.5. The normalized spacial score (nSPS) is 20.1. The zero-order chi connectivity index (χ0) is 75.2. The molecule has 0 N–H and O–H groups in total. The van der Waals surface area contributed by atoms with E-state index in [2.05, 4.69) is 133 Å². The lowest BCUT2D eigenvalue weighted by atomic mass is 9.93. The highest BCUT2D eigenvalue weighted by atomic mass is 16.6. The lowest BCUT2D eigenvalue weighted by Gasteiger charge is -2.18. The standard InChI is InChI=1S/C36H28O6.C27H24O4.2C16H16O4/c1-7-29(37-19-35-21-39-35)13-26-15-31(9-3-23(1)26)41-33-11-5-25-6-12-34(18-28(25)17-33)42-32-10-4-24-2-8-30(14-27(24)16-32)38-20-36-22-40-36;1-3-7-22-18(5-1)9-11-26(30-16-20-14-28-20)24(22)13-25-23-8-4-2-6-19(23)10-12-27(25)31-17-21-15-29-21;1-2-4-12-6-16(20-10-14-8-18-14)15(5-11(12)3-1)19-9-13-7-17-13;1-2-4-14-13(3-1)15(19-9-11-7-17-11)5-6-16(14)20-10-12-8-18-12/h1-18,35-36H,19-22H2;1-12,20-21H,13-17H2;1-6,13-14H,7-10H2;1-6,11-12H,7-10H2. The number of fused-ring (bicyclic) bond motifs is 7. The van der Waals surface area contributed by atoms with E-state index in [4.69, 9.17) is 85.3 Å². The highest BCUT2D eigenvalue weighted by Gasteiger charge is 2.30. The van der Waals surface area contributed by atoms with E-state index in [0.717, 1.165) is 182 Å². The topological polar surface area (TPSA) is 193 Å². The molecule has 0 bridgehead atoms. The molecule has 0 saturated carbocycles. The number of ether oxygens (including phenoxy) is 18. The smallest absolute Gasteiger partial charge is 0.161 e. The van der Waals surface area contributed by atoms with Crippen LogP contribution < -0.4 is 47.4 Å². The summed E-state index contributed by atoms with van der Waals surface area (Å²) in [6, 6.07) is 86.3. The molecule has 18 heteroatoms. The van der Waals surface area contributed by atoms with E-state index < -0.39 is 0 Å². The van der Waals surface area contributed by atoms with Crippen LogP contribution >= 0.6 is 0 Å². The van der Waals surface area contributed by atoms with Crippen molar-refractivity contribution in [1.82, 2.24) is 0 Å². The molecular weight excluding hydrogens is 1430 g/mol. The molecule has 18 nitrogen and oxygen atoms in total. The van der Waals surface area contributed by atoms with Crippen molar-refractivity contribution in [3.63, 3.8) is 0 Å².